The molecule has 0 amide bonds. The fraction of sp³-hybridized carbons (Fsp3) is 0.100. The van der Waals surface area contributed by atoms with Crippen molar-refractivity contribution in [3.8, 4) is 11.5 Å². The van der Waals surface area contributed by atoms with Gasteiger partial charge in [-0.1, -0.05) is 0 Å². The number of nitrogens with zero attached hydrogens (tertiary/aromatic N) is 3. The highest BCUT2D eigenvalue weighted by Gasteiger charge is 2.07. The van der Waals surface area contributed by atoms with Gasteiger partial charge in [0.2, 0.25) is 0 Å². The van der Waals surface area contributed by atoms with Crippen LogP contribution in [0.5, 0.6) is 0 Å². The van der Waals surface area contributed by atoms with Crippen LogP contribution in [0.4, 0.5) is 0 Å². The molecule has 2 heterocycles. The number of aromatic nitrogens is 3. The number of pyridine rings is 1. The Bertz CT molecular complexity index is 476. The average molecular weight is 285 g/mol. The van der Waals surface area contributed by atoms with Gasteiger partial charge in [0.15, 0.2) is 5.82 Å². The van der Waals surface area contributed by atoms with Crippen LogP contribution in [0, 0.1) is 0 Å². The summed E-state index contributed by atoms with van der Waals surface area (Å²) in [6, 6.07) is 5.53. The third kappa shape index (κ3) is 2.33. The number of rotatable bonds is 2. The topological polar surface area (TPSA) is 38.7 Å². The predicted molar refractivity (Wildman–Crippen MR) is 62.5 cm³/mol. The molecule has 0 aliphatic carbocycles. The second kappa shape index (κ2) is 4.68. The summed E-state index contributed by atoms with van der Waals surface area (Å²) in [6.07, 6.45) is 3.39. The molecule has 15 heavy (non-hydrogen) atoms. The highest BCUT2D eigenvalue weighted by atomic mass is 79.9. The van der Waals surface area contributed by atoms with E-state index >= 15 is 0 Å². The fourth-order valence-corrected chi connectivity index (χ4v) is 1.72. The third-order valence-corrected chi connectivity index (χ3v) is 2.73. The first kappa shape index (κ1) is 10.5. The number of halogens is 2. The first-order valence-electron chi connectivity index (χ1n) is 4.30. The Labute approximate surface area is 101 Å². The minimum Gasteiger partial charge on any atom is -0.252 e. The van der Waals surface area contributed by atoms with Crippen LogP contribution in [0.25, 0.3) is 11.5 Å². The maximum Gasteiger partial charge on any atom is 0.179 e. The smallest absolute Gasteiger partial charge is 0.179 e. The molecule has 0 aliphatic rings. The zero-order valence-corrected chi connectivity index (χ0v) is 10.0. The van der Waals surface area contributed by atoms with E-state index in [1.165, 1.54) is 0 Å². The van der Waals surface area contributed by atoms with Gasteiger partial charge in [-0.15, -0.1) is 11.6 Å². The van der Waals surface area contributed by atoms with Crippen LogP contribution < -0.4 is 0 Å². The third-order valence-electron chi connectivity index (χ3n) is 1.82. The van der Waals surface area contributed by atoms with Crippen molar-refractivity contribution in [2.24, 2.45) is 0 Å². The second-order valence-electron chi connectivity index (χ2n) is 2.84. The molecule has 0 bridgehead atoms. The molecule has 2 aromatic heterocycles. The summed E-state index contributed by atoms with van der Waals surface area (Å²) in [6.45, 7) is 0. The number of alkyl halides is 1. The average Bonchev–Trinajstić information content (AvgIpc) is 2.30. The van der Waals surface area contributed by atoms with Crippen LogP contribution in [0.15, 0.2) is 35.1 Å². The Hall–Kier alpha value is -1.000. The van der Waals surface area contributed by atoms with Crippen molar-refractivity contribution in [2.45, 2.75) is 5.88 Å². The number of hydrogen-bond donors (Lipinski definition) is 0. The lowest BCUT2D eigenvalue weighted by atomic mass is 10.3. The van der Waals surface area contributed by atoms with E-state index in [4.69, 9.17) is 11.6 Å². The van der Waals surface area contributed by atoms with E-state index in [1.54, 1.807) is 18.5 Å². The highest BCUT2D eigenvalue weighted by Crippen LogP contribution is 2.22. The van der Waals surface area contributed by atoms with Crippen molar-refractivity contribution in [1.29, 1.82) is 0 Å². The van der Waals surface area contributed by atoms with Gasteiger partial charge in [-0.2, -0.15) is 0 Å². The van der Waals surface area contributed by atoms with Crippen molar-refractivity contribution in [1.82, 2.24) is 15.0 Å². The summed E-state index contributed by atoms with van der Waals surface area (Å²) >= 11 is 9.11. The lowest BCUT2D eigenvalue weighted by molar-refractivity contribution is 1.07. The van der Waals surface area contributed by atoms with Crippen LogP contribution in [0.1, 0.15) is 5.69 Å². The van der Waals surface area contributed by atoms with E-state index in [0.717, 1.165) is 15.9 Å². The predicted octanol–water partition coefficient (Wildman–Crippen LogP) is 3.04. The van der Waals surface area contributed by atoms with Crippen molar-refractivity contribution < 1.29 is 0 Å². The van der Waals surface area contributed by atoms with Gasteiger partial charge < -0.3 is 0 Å². The molecule has 0 aromatic carbocycles. The molecule has 3 nitrogen and oxygen atoms in total. The van der Waals surface area contributed by atoms with Gasteiger partial charge >= 0.3 is 0 Å². The fourth-order valence-electron chi connectivity index (χ4n) is 1.13. The molecule has 0 fully saturated rings. The van der Waals surface area contributed by atoms with Gasteiger partial charge in [0.05, 0.1) is 11.6 Å². The maximum absolute atomic E-state index is 5.70. The Morgan fingerprint density at radius 1 is 1.20 bits per heavy atom. The second-order valence-corrected chi connectivity index (χ2v) is 3.96. The van der Waals surface area contributed by atoms with Gasteiger partial charge in [-0.25, -0.2) is 9.97 Å². The maximum atomic E-state index is 5.70. The molecule has 0 aliphatic heterocycles. The minimum absolute atomic E-state index is 0.375. The zero-order chi connectivity index (χ0) is 10.7. The monoisotopic (exact) mass is 283 g/mol. The molecule has 0 saturated carbocycles. The van der Waals surface area contributed by atoms with Crippen LogP contribution in [0.3, 0.4) is 0 Å². The Morgan fingerprint density at radius 3 is 2.80 bits per heavy atom. The molecule has 76 valence electrons. The van der Waals surface area contributed by atoms with Crippen LogP contribution >= 0.6 is 27.5 Å². The van der Waals surface area contributed by atoms with Crippen molar-refractivity contribution >= 4 is 27.5 Å². The highest BCUT2D eigenvalue weighted by molar-refractivity contribution is 9.10. The van der Waals surface area contributed by atoms with Crippen LogP contribution in [-0.4, -0.2) is 15.0 Å². The van der Waals surface area contributed by atoms with Gasteiger partial charge in [-0.3, -0.25) is 4.98 Å². The van der Waals surface area contributed by atoms with E-state index in [-0.39, 0.29) is 0 Å². The SMILES string of the molecule is ClCc1ccnc(-c2ncccc2Br)n1. The van der Waals surface area contributed by atoms with Crippen LogP contribution in [0.2, 0.25) is 0 Å². The van der Waals surface area contributed by atoms with Gasteiger partial charge in [0.1, 0.15) is 5.69 Å². The summed E-state index contributed by atoms with van der Waals surface area (Å²) in [4.78, 5) is 12.7. The van der Waals surface area contributed by atoms with Crippen molar-refractivity contribution in [3.05, 3.63) is 40.8 Å². The summed E-state index contributed by atoms with van der Waals surface area (Å²) < 4.78 is 0.872. The molecule has 2 aromatic rings. The van der Waals surface area contributed by atoms with Crippen LogP contribution in [-0.2, 0) is 5.88 Å². The van der Waals surface area contributed by atoms with E-state index in [0.29, 0.717) is 11.7 Å². The molecule has 0 saturated heterocycles. The Morgan fingerprint density at radius 2 is 2.07 bits per heavy atom. The first-order chi connectivity index (χ1) is 7.31. The summed E-state index contributed by atoms with van der Waals surface area (Å²) in [5.74, 6) is 0.959. The lowest BCUT2D eigenvalue weighted by Crippen LogP contribution is -1.95. The van der Waals surface area contributed by atoms with Gasteiger partial charge in [0.25, 0.3) is 0 Å². The van der Waals surface area contributed by atoms with Crippen molar-refractivity contribution in [2.75, 3.05) is 0 Å². The summed E-state index contributed by atoms with van der Waals surface area (Å²) in [7, 11) is 0. The Balaban J connectivity index is 2.49. The minimum atomic E-state index is 0.375. The lowest BCUT2D eigenvalue weighted by Gasteiger charge is -2.02. The molecular weight excluding hydrogens is 277 g/mol. The summed E-state index contributed by atoms with van der Waals surface area (Å²) in [5.41, 5.74) is 1.52. The van der Waals surface area contributed by atoms with E-state index < -0.39 is 0 Å². The number of hydrogen-bond acceptors (Lipinski definition) is 3. The largest absolute Gasteiger partial charge is 0.252 e. The molecular formula is C10H7BrClN3. The van der Waals surface area contributed by atoms with Crippen molar-refractivity contribution in [3.63, 3.8) is 0 Å². The molecule has 5 heteroatoms. The molecule has 0 N–H and O–H groups in total. The van der Waals surface area contributed by atoms with Gasteiger partial charge in [-0.05, 0) is 34.1 Å². The van der Waals surface area contributed by atoms with Gasteiger partial charge in [0, 0.05) is 16.9 Å². The molecule has 0 spiro atoms. The quantitative estimate of drug-likeness (QED) is 0.796. The zero-order valence-electron chi connectivity index (χ0n) is 7.69. The first-order valence-corrected chi connectivity index (χ1v) is 5.63. The Kier molecular flexibility index (Phi) is 3.28. The molecule has 2 rings (SSSR count). The molecule has 0 unspecified atom stereocenters. The van der Waals surface area contributed by atoms with E-state index in [9.17, 15) is 0 Å². The molecule has 0 radical (unpaired) electrons. The van der Waals surface area contributed by atoms with E-state index in [2.05, 4.69) is 30.9 Å². The molecule has 0 atom stereocenters. The van der Waals surface area contributed by atoms with E-state index in [1.807, 2.05) is 12.1 Å². The standard InChI is InChI=1S/C10H7BrClN3/c11-8-2-1-4-13-9(8)10-14-5-3-7(6-12)15-10/h1-5H,6H2. The summed E-state index contributed by atoms with van der Waals surface area (Å²) in [5, 5.41) is 0. The normalized spacial score (nSPS) is 10.3.